The largest absolute Gasteiger partial charge is 0.398 e. The van der Waals surface area contributed by atoms with Gasteiger partial charge in [0.1, 0.15) is 5.01 Å². The van der Waals surface area contributed by atoms with Crippen molar-refractivity contribution in [2.75, 3.05) is 5.73 Å². The van der Waals surface area contributed by atoms with E-state index in [-0.39, 0.29) is 0 Å². The number of halogens is 1. The minimum Gasteiger partial charge on any atom is -0.398 e. The minimum absolute atomic E-state index is 0.718. The number of rotatable bonds is 2. The molecule has 0 amide bonds. The summed E-state index contributed by atoms with van der Waals surface area (Å²) in [6.07, 6.45) is 0. The van der Waals surface area contributed by atoms with Crippen molar-refractivity contribution < 1.29 is 0 Å². The monoisotopic (exact) mass is 300 g/mol. The minimum atomic E-state index is 0.718. The second kappa shape index (κ2) is 5.27. The predicted molar refractivity (Wildman–Crippen MR) is 87.1 cm³/mol. The third-order valence-electron chi connectivity index (χ3n) is 3.09. The Labute approximate surface area is 126 Å². The molecule has 1 aromatic heterocycles. The third kappa shape index (κ3) is 2.42. The van der Waals surface area contributed by atoms with Crippen molar-refractivity contribution in [3.8, 4) is 21.8 Å². The molecule has 0 saturated carbocycles. The third-order valence-corrected chi connectivity index (χ3v) is 4.33. The zero-order chi connectivity index (χ0) is 14.1. The maximum atomic E-state index is 6.05. The molecule has 0 aliphatic heterocycles. The van der Waals surface area contributed by atoms with Gasteiger partial charge in [-0.05, 0) is 31.2 Å². The van der Waals surface area contributed by atoms with Gasteiger partial charge in [-0.3, -0.25) is 0 Å². The molecule has 2 aromatic carbocycles. The summed E-state index contributed by atoms with van der Waals surface area (Å²) in [7, 11) is 0. The molecule has 0 bridgehead atoms. The average molecular weight is 301 g/mol. The SMILES string of the molecule is Cc1sc(-c2ccccc2N)nc1-c1cccc(Cl)c1. The highest BCUT2D eigenvalue weighted by atomic mass is 35.5. The van der Waals surface area contributed by atoms with E-state index in [9.17, 15) is 0 Å². The highest BCUT2D eigenvalue weighted by Crippen LogP contribution is 2.35. The van der Waals surface area contributed by atoms with Crippen molar-refractivity contribution in [1.82, 2.24) is 4.98 Å². The van der Waals surface area contributed by atoms with Gasteiger partial charge in [0.2, 0.25) is 0 Å². The van der Waals surface area contributed by atoms with Crippen LogP contribution in [0.25, 0.3) is 21.8 Å². The first kappa shape index (κ1) is 13.2. The Hall–Kier alpha value is -1.84. The fraction of sp³-hybridized carbons (Fsp3) is 0.0625. The first-order valence-corrected chi connectivity index (χ1v) is 7.43. The molecule has 1 heterocycles. The lowest BCUT2D eigenvalue weighted by molar-refractivity contribution is 1.37. The second-order valence-electron chi connectivity index (χ2n) is 4.52. The van der Waals surface area contributed by atoms with Crippen LogP contribution in [0.4, 0.5) is 5.69 Å². The van der Waals surface area contributed by atoms with Gasteiger partial charge in [0.25, 0.3) is 0 Å². The number of hydrogen-bond donors (Lipinski definition) is 1. The van der Waals surface area contributed by atoms with Gasteiger partial charge in [0, 0.05) is 26.7 Å². The van der Waals surface area contributed by atoms with Crippen LogP contribution in [0.5, 0.6) is 0 Å². The smallest absolute Gasteiger partial charge is 0.126 e. The molecular formula is C16H13ClN2S. The van der Waals surface area contributed by atoms with Crippen LogP contribution in [0.3, 0.4) is 0 Å². The fourth-order valence-electron chi connectivity index (χ4n) is 2.11. The van der Waals surface area contributed by atoms with Crippen molar-refractivity contribution in [2.45, 2.75) is 6.92 Å². The van der Waals surface area contributed by atoms with Gasteiger partial charge in [0.05, 0.1) is 5.69 Å². The van der Waals surface area contributed by atoms with Crippen LogP contribution in [-0.2, 0) is 0 Å². The number of aromatic nitrogens is 1. The van der Waals surface area contributed by atoms with Crippen LogP contribution in [0.2, 0.25) is 5.02 Å². The molecule has 0 aliphatic carbocycles. The van der Waals surface area contributed by atoms with E-state index in [2.05, 4.69) is 6.92 Å². The molecule has 3 aromatic rings. The molecule has 0 saturated heterocycles. The van der Waals surface area contributed by atoms with E-state index < -0.39 is 0 Å². The fourth-order valence-corrected chi connectivity index (χ4v) is 3.28. The Morgan fingerprint density at radius 2 is 1.90 bits per heavy atom. The van der Waals surface area contributed by atoms with Crippen molar-refractivity contribution in [3.63, 3.8) is 0 Å². The normalized spacial score (nSPS) is 10.7. The van der Waals surface area contributed by atoms with Crippen molar-refractivity contribution in [2.24, 2.45) is 0 Å². The van der Waals surface area contributed by atoms with Gasteiger partial charge in [0.15, 0.2) is 0 Å². The molecule has 4 heteroatoms. The van der Waals surface area contributed by atoms with Gasteiger partial charge in [-0.25, -0.2) is 4.98 Å². The quantitative estimate of drug-likeness (QED) is 0.675. The second-order valence-corrected chi connectivity index (χ2v) is 6.16. The van der Waals surface area contributed by atoms with Crippen LogP contribution >= 0.6 is 22.9 Å². The summed E-state index contributed by atoms with van der Waals surface area (Å²) in [5, 5.41) is 1.66. The Kier molecular flexibility index (Phi) is 3.47. The molecule has 0 fully saturated rings. The van der Waals surface area contributed by atoms with E-state index >= 15 is 0 Å². The van der Waals surface area contributed by atoms with Crippen LogP contribution < -0.4 is 5.73 Å². The van der Waals surface area contributed by atoms with E-state index in [1.165, 1.54) is 0 Å². The maximum absolute atomic E-state index is 6.05. The number of thiazole rings is 1. The highest BCUT2D eigenvalue weighted by Gasteiger charge is 2.13. The molecule has 0 atom stereocenters. The Bertz CT molecular complexity index is 765. The molecule has 2 N–H and O–H groups in total. The Morgan fingerprint density at radius 1 is 1.10 bits per heavy atom. The van der Waals surface area contributed by atoms with E-state index in [0.29, 0.717) is 0 Å². The lowest BCUT2D eigenvalue weighted by Gasteiger charge is -2.01. The summed E-state index contributed by atoms with van der Waals surface area (Å²) in [6, 6.07) is 15.5. The Morgan fingerprint density at radius 3 is 2.65 bits per heavy atom. The van der Waals surface area contributed by atoms with Crippen molar-refractivity contribution in [3.05, 3.63) is 58.4 Å². The van der Waals surface area contributed by atoms with E-state index in [1.54, 1.807) is 11.3 Å². The number of nitrogens with two attached hydrogens (primary N) is 1. The molecule has 0 spiro atoms. The van der Waals surface area contributed by atoms with Gasteiger partial charge in [-0.15, -0.1) is 11.3 Å². The molecule has 100 valence electrons. The number of hydrogen-bond acceptors (Lipinski definition) is 3. The number of nitrogens with zero attached hydrogens (tertiary/aromatic N) is 1. The van der Waals surface area contributed by atoms with Gasteiger partial charge in [-0.1, -0.05) is 35.9 Å². The number of anilines is 1. The van der Waals surface area contributed by atoms with Gasteiger partial charge >= 0.3 is 0 Å². The molecule has 3 rings (SSSR count). The van der Waals surface area contributed by atoms with Crippen molar-refractivity contribution >= 4 is 28.6 Å². The van der Waals surface area contributed by atoms with Crippen LogP contribution in [0, 0.1) is 6.92 Å². The van der Waals surface area contributed by atoms with Crippen LogP contribution in [0.15, 0.2) is 48.5 Å². The summed E-state index contributed by atoms with van der Waals surface area (Å²) in [6.45, 7) is 2.07. The van der Waals surface area contributed by atoms with Gasteiger partial charge in [-0.2, -0.15) is 0 Å². The van der Waals surface area contributed by atoms with Crippen LogP contribution in [0.1, 0.15) is 4.88 Å². The van der Waals surface area contributed by atoms with E-state index in [0.717, 1.165) is 37.4 Å². The maximum Gasteiger partial charge on any atom is 0.126 e. The summed E-state index contributed by atoms with van der Waals surface area (Å²) < 4.78 is 0. The Balaban J connectivity index is 2.10. The summed E-state index contributed by atoms with van der Waals surface area (Å²) in [5.41, 5.74) is 9.75. The standard InChI is InChI=1S/C16H13ClN2S/c1-10-15(11-5-4-6-12(17)9-11)19-16(20-10)13-7-2-3-8-14(13)18/h2-9H,18H2,1H3. The number of aryl methyl sites for hydroxylation is 1. The lowest BCUT2D eigenvalue weighted by atomic mass is 10.1. The number of nitrogen functional groups attached to an aromatic ring is 1. The average Bonchev–Trinajstić information content (AvgIpc) is 2.81. The number of para-hydroxylation sites is 1. The first-order chi connectivity index (χ1) is 9.65. The topological polar surface area (TPSA) is 38.9 Å². The predicted octanol–water partition coefficient (Wildman–Crippen LogP) is 5.02. The molecule has 0 aliphatic rings. The molecule has 0 unspecified atom stereocenters. The van der Waals surface area contributed by atoms with Crippen molar-refractivity contribution in [1.29, 1.82) is 0 Å². The van der Waals surface area contributed by atoms with E-state index in [4.69, 9.17) is 22.3 Å². The number of benzene rings is 2. The molecule has 0 radical (unpaired) electrons. The van der Waals surface area contributed by atoms with Gasteiger partial charge < -0.3 is 5.73 Å². The molecule has 2 nitrogen and oxygen atoms in total. The summed E-state index contributed by atoms with van der Waals surface area (Å²) in [4.78, 5) is 5.89. The highest BCUT2D eigenvalue weighted by molar-refractivity contribution is 7.15. The van der Waals surface area contributed by atoms with Crippen LogP contribution in [-0.4, -0.2) is 4.98 Å². The molecule has 20 heavy (non-hydrogen) atoms. The summed E-state index contributed by atoms with van der Waals surface area (Å²) >= 11 is 7.70. The zero-order valence-corrected chi connectivity index (χ0v) is 12.5. The van der Waals surface area contributed by atoms with E-state index in [1.807, 2.05) is 48.5 Å². The molecular weight excluding hydrogens is 288 g/mol. The summed E-state index contributed by atoms with van der Waals surface area (Å²) in [5.74, 6) is 0. The first-order valence-electron chi connectivity index (χ1n) is 6.23. The zero-order valence-electron chi connectivity index (χ0n) is 10.9. The lowest BCUT2D eigenvalue weighted by Crippen LogP contribution is -1.88.